The minimum atomic E-state index is 0.696. The summed E-state index contributed by atoms with van der Waals surface area (Å²) in [5.41, 5.74) is 2.67. The molecule has 0 fully saturated rings. The van der Waals surface area contributed by atoms with Gasteiger partial charge in [-0.05, 0) is 17.5 Å². The third-order valence-electron chi connectivity index (χ3n) is 3.12. The summed E-state index contributed by atoms with van der Waals surface area (Å²) in [5, 5.41) is 0. The van der Waals surface area contributed by atoms with Crippen LogP contribution in [0.1, 0.15) is 11.1 Å². The highest BCUT2D eigenvalue weighted by Gasteiger charge is 2.04. The lowest BCUT2D eigenvalue weighted by Crippen LogP contribution is -2.26. The maximum atomic E-state index is 5.46. The van der Waals surface area contributed by atoms with Crippen molar-refractivity contribution in [3.05, 3.63) is 71.8 Å². The highest BCUT2D eigenvalue weighted by molar-refractivity contribution is 5.16. The summed E-state index contributed by atoms with van der Waals surface area (Å²) in [4.78, 5) is 2.31. The van der Waals surface area contributed by atoms with Gasteiger partial charge in [-0.25, -0.2) is 0 Å². The fourth-order valence-corrected chi connectivity index (χ4v) is 2.12. The van der Waals surface area contributed by atoms with Gasteiger partial charge in [-0.15, -0.1) is 6.42 Å². The highest BCUT2D eigenvalue weighted by Crippen LogP contribution is 2.06. The van der Waals surface area contributed by atoms with Crippen molar-refractivity contribution in [1.29, 1.82) is 0 Å². The first-order valence-corrected chi connectivity index (χ1v) is 6.62. The van der Waals surface area contributed by atoms with E-state index in [1.807, 2.05) is 12.1 Å². The Morgan fingerprint density at radius 3 is 2.00 bits per heavy atom. The van der Waals surface area contributed by atoms with Gasteiger partial charge in [-0.2, -0.15) is 0 Å². The van der Waals surface area contributed by atoms with Gasteiger partial charge in [-0.3, -0.25) is 4.90 Å². The molecule has 0 bridgehead atoms. The van der Waals surface area contributed by atoms with Crippen molar-refractivity contribution in [3.63, 3.8) is 0 Å². The zero-order valence-electron chi connectivity index (χ0n) is 11.1. The van der Waals surface area contributed by atoms with Crippen molar-refractivity contribution in [3.8, 4) is 12.3 Å². The predicted octanol–water partition coefficient (Wildman–Crippen LogP) is 3.36. The van der Waals surface area contributed by atoms with Crippen LogP contribution in [0.5, 0.6) is 0 Å². The van der Waals surface area contributed by atoms with Gasteiger partial charge < -0.3 is 0 Å². The van der Waals surface area contributed by atoms with E-state index in [-0.39, 0.29) is 0 Å². The van der Waals surface area contributed by atoms with Crippen molar-refractivity contribution in [1.82, 2.24) is 4.90 Å². The van der Waals surface area contributed by atoms with Crippen LogP contribution in [0, 0.1) is 12.3 Å². The average molecular weight is 249 g/mol. The number of rotatable bonds is 6. The topological polar surface area (TPSA) is 3.24 Å². The van der Waals surface area contributed by atoms with Crippen LogP contribution in [0.15, 0.2) is 60.7 Å². The molecule has 0 spiro atoms. The molecule has 19 heavy (non-hydrogen) atoms. The van der Waals surface area contributed by atoms with Crippen molar-refractivity contribution >= 4 is 0 Å². The van der Waals surface area contributed by atoms with Crippen LogP contribution in [0.25, 0.3) is 0 Å². The molecule has 0 atom stereocenters. The van der Waals surface area contributed by atoms with Gasteiger partial charge in [0.05, 0.1) is 6.54 Å². The molecule has 2 aromatic rings. The Kier molecular flexibility index (Phi) is 5.22. The van der Waals surface area contributed by atoms with Crippen LogP contribution in [0.2, 0.25) is 0 Å². The Bertz CT molecular complexity index is 510. The molecule has 1 nitrogen and oxygen atoms in total. The normalized spacial score (nSPS) is 10.3. The summed E-state index contributed by atoms with van der Waals surface area (Å²) >= 11 is 0. The Balaban J connectivity index is 1.91. The van der Waals surface area contributed by atoms with E-state index in [2.05, 4.69) is 59.4 Å². The molecule has 0 amide bonds. The first-order chi connectivity index (χ1) is 9.38. The van der Waals surface area contributed by atoms with Crippen molar-refractivity contribution in [2.24, 2.45) is 0 Å². The van der Waals surface area contributed by atoms with Gasteiger partial charge in [-0.1, -0.05) is 66.6 Å². The summed E-state index contributed by atoms with van der Waals surface area (Å²) in [6.45, 7) is 2.60. The van der Waals surface area contributed by atoms with Crippen LogP contribution in [0.3, 0.4) is 0 Å². The van der Waals surface area contributed by atoms with Gasteiger partial charge in [0.2, 0.25) is 0 Å². The molecule has 1 heteroatoms. The molecular weight excluding hydrogens is 230 g/mol. The summed E-state index contributed by atoms with van der Waals surface area (Å²) < 4.78 is 0. The van der Waals surface area contributed by atoms with Crippen LogP contribution in [0.4, 0.5) is 0 Å². The number of benzene rings is 2. The van der Waals surface area contributed by atoms with Crippen molar-refractivity contribution < 1.29 is 0 Å². The minimum absolute atomic E-state index is 0.696. The Hall–Kier alpha value is -2.04. The van der Waals surface area contributed by atoms with E-state index in [9.17, 15) is 0 Å². The molecule has 0 aliphatic heterocycles. The molecule has 0 unspecified atom stereocenters. The lowest BCUT2D eigenvalue weighted by molar-refractivity contribution is 0.303. The van der Waals surface area contributed by atoms with E-state index in [0.29, 0.717) is 6.54 Å². The number of hydrogen-bond acceptors (Lipinski definition) is 1. The summed E-state index contributed by atoms with van der Waals surface area (Å²) in [7, 11) is 0. The van der Waals surface area contributed by atoms with Crippen LogP contribution < -0.4 is 0 Å². The average Bonchev–Trinajstić information content (AvgIpc) is 2.47. The second-order valence-electron chi connectivity index (χ2n) is 4.64. The fourth-order valence-electron chi connectivity index (χ4n) is 2.12. The minimum Gasteiger partial charge on any atom is -0.288 e. The van der Waals surface area contributed by atoms with Crippen LogP contribution >= 0.6 is 0 Å². The first-order valence-electron chi connectivity index (χ1n) is 6.62. The molecule has 0 aliphatic rings. The zero-order valence-corrected chi connectivity index (χ0v) is 11.1. The summed E-state index contributed by atoms with van der Waals surface area (Å²) in [6, 6.07) is 21.0. The summed E-state index contributed by atoms with van der Waals surface area (Å²) in [5.74, 6) is 2.75. The van der Waals surface area contributed by atoms with E-state index in [1.165, 1.54) is 11.1 Å². The zero-order chi connectivity index (χ0) is 13.3. The number of terminal acetylenes is 1. The van der Waals surface area contributed by atoms with E-state index >= 15 is 0 Å². The van der Waals surface area contributed by atoms with Gasteiger partial charge in [0.1, 0.15) is 0 Å². The van der Waals surface area contributed by atoms with Crippen molar-refractivity contribution in [2.45, 2.75) is 13.0 Å². The fraction of sp³-hybridized carbons (Fsp3) is 0.222. The monoisotopic (exact) mass is 249 g/mol. The van der Waals surface area contributed by atoms with Gasteiger partial charge in [0, 0.05) is 13.1 Å². The van der Waals surface area contributed by atoms with Crippen LogP contribution in [-0.2, 0) is 13.0 Å². The number of nitrogens with zero attached hydrogens (tertiary/aromatic N) is 1. The van der Waals surface area contributed by atoms with E-state index in [0.717, 1.165) is 19.5 Å². The molecule has 0 saturated heterocycles. The van der Waals surface area contributed by atoms with E-state index < -0.39 is 0 Å². The second-order valence-corrected chi connectivity index (χ2v) is 4.64. The first kappa shape index (κ1) is 13.4. The van der Waals surface area contributed by atoms with Crippen molar-refractivity contribution in [2.75, 3.05) is 13.1 Å². The second kappa shape index (κ2) is 7.41. The maximum absolute atomic E-state index is 5.46. The van der Waals surface area contributed by atoms with Crippen LogP contribution in [-0.4, -0.2) is 18.0 Å². The molecule has 2 aromatic carbocycles. The lowest BCUT2D eigenvalue weighted by Gasteiger charge is -2.19. The number of hydrogen-bond donors (Lipinski definition) is 0. The largest absolute Gasteiger partial charge is 0.288 e. The molecule has 0 heterocycles. The molecule has 0 N–H and O–H groups in total. The standard InChI is InChI=1S/C18H19N/c1-2-14-19(16-18-11-7-4-8-12-18)15-13-17-9-5-3-6-10-17/h1,3-12H,13-16H2. The molecule has 0 saturated carbocycles. The van der Waals surface area contributed by atoms with Gasteiger partial charge >= 0.3 is 0 Å². The van der Waals surface area contributed by atoms with E-state index in [4.69, 9.17) is 6.42 Å². The third kappa shape index (κ3) is 4.62. The summed E-state index contributed by atoms with van der Waals surface area (Å²) in [6.07, 6.45) is 6.50. The maximum Gasteiger partial charge on any atom is 0.0601 e. The third-order valence-corrected chi connectivity index (χ3v) is 3.12. The highest BCUT2D eigenvalue weighted by atomic mass is 15.1. The smallest absolute Gasteiger partial charge is 0.0601 e. The SMILES string of the molecule is C#CCN(CCc1ccccc1)Cc1ccccc1. The molecular formula is C18H19N. The molecule has 0 aromatic heterocycles. The van der Waals surface area contributed by atoms with Gasteiger partial charge in [0.15, 0.2) is 0 Å². The molecule has 2 rings (SSSR count). The quantitative estimate of drug-likeness (QED) is 0.710. The van der Waals surface area contributed by atoms with Gasteiger partial charge in [0.25, 0.3) is 0 Å². The Labute approximate surface area is 115 Å². The van der Waals surface area contributed by atoms with E-state index in [1.54, 1.807) is 0 Å². The molecule has 0 radical (unpaired) electrons. The Morgan fingerprint density at radius 2 is 1.42 bits per heavy atom. The molecule has 96 valence electrons. The Morgan fingerprint density at radius 1 is 0.842 bits per heavy atom. The predicted molar refractivity (Wildman–Crippen MR) is 80.7 cm³/mol. The lowest BCUT2D eigenvalue weighted by atomic mass is 10.1. The molecule has 0 aliphatic carbocycles.